The van der Waals surface area contributed by atoms with Crippen molar-refractivity contribution in [1.82, 2.24) is 29.7 Å². The molecular formula is C30H37N9O2. The zero-order valence-electron chi connectivity index (χ0n) is 23.6. The Morgan fingerprint density at radius 1 is 1.12 bits per heavy atom. The van der Waals surface area contributed by atoms with Gasteiger partial charge in [-0.25, -0.2) is 15.0 Å². The van der Waals surface area contributed by atoms with Crippen LogP contribution in [0.15, 0.2) is 66.3 Å². The van der Waals surface area contributed by atoms with Crippen LogP contribution in [0.4, 0.5) is 5.82 Å². The molecule has 3 N–H and O–H groups in total. The van der Waals surface area contributed by atoms with E-state index in [1.54, 1.807) is 20.5 Å². The first kappa shape index (κ1) is 28.2. The number of methoxy groups -OCH3 is 1. The molecule has 4 heterocycles. The molecule has 0 spiro atoms. The fourth-order valence-corrected chi connectivity index (χ4v) is 4.93. The Balaban J connectivity index is 1.18. The van der Waals surface area contributed by atoms with Gasteiger partial charge in [0.1, 0.15) is 29.3 Å². The molecule has 0 atom stereocenters. The van der Waals surface area contributed by atoms with Crippen LogP contribution in [0.5, 0.6) is 5.75 Å². The fourth-order valence-electron chi connectivity index (χ4n) is 4.93. The van der Waals surface area contributed by atoms with Gasteiger partial charge >= 0.3 is 0 Å². The van der Waals surface area contributed by atoms with Crippen molar-refractivity contribution < 1.29 is 9.47 Å². The fraction of sp³-hybridized carbons (Fsp3) is 0.367. The van der Waals surface area contributed by atoms with E-state index in [1.807, 2.05) is 59.3 Å². The van der Waals surface area contributed by atoms with Crippen molar-refractivity contribution in [2.24, 2.45) is 11.0 Å². The number of likely N-dealkylation sites (tertiary alicyclic amines) is 1. The van der Waals surface area contributed by atoms with Gasteiger partial charge in [0.2, 0.25) is 0 Å². The zero-order chi connectivity index (χ0) is 28.4. The number of fused-ring (bicyclic) bond motifs is 1. The van der Waals surface area contributed by atoms with Crippen molar-refractivity contribution in [1.29, 1.82) is 5.41 Å². The van der Waals surface area contributed by atoms with Crippen LogP contribution >= 0.6 is 0 Å². The molecule has 0 unspecified atom stereocenters. The summed E-state index contributed by atoms with van der Waals surface area (Å²) in [7, 11) is 3.47. The number of anilines is 1. The maximum atomic E-state index is 7.53. The summed E-state index contributed by atoms with van der Waals surface area (Å²) in [6.07, 6.45) is 8.89. The number of nitrogens with one attached hydrogen (secondary N) is 3. The summed E-state index contributed by atoms with van der Waals surface area (Å²) in [5.41, 5.74) is 7.74. The third-order valence-corrected chi connectivity index (χ3v) is 7.31. The molecular weight excluding hydrogens is 518 g/mol. The van der Waals surface area contributed by atoms with Gasteiger partial charge in [0.25, 0.3) is 0 Å². The van der Waals surface area contributed by atoms with Crippen molar-refractivity contribution in [2.45, 2.75) is 19.4 Å². The lowest BCUT2D eigenvalue weighted by atomic mass is 9.98. The number of piperidine rings is 1. The standard InChI is InChI=1S/C30H37N9O2/c1-32-37-27(17-31)24-5-3-22(4-6-24)18-33-29-16-26(35-21-36-29)28-19-34-30-15-25(9-12-39(28)30)41-20-23-7-10-38(11-8-23)13-14-40-2/h3-6,9,12,15-17,19,21,23,31-32H,7-8,10-11,13-14,18,20H2,1-2H3,(H,33,35,36)/b31-17?,37-27+. The highest BCUT2D eigenvalue weighted by molar-refractivity contribution is 6.37. The molecule has 1 aliphatic rings. The summed E-state index contributed by atoms with van der Waals surface area (Å²) in [5, 5.41) is 15.0. The van der Waals surface area contributed by atoms with E-state index >= 15 is 0 Å². The number of hydrogen-bond acceptors (Lipinski definition) is 10. The molecule has 0 aliphatic carbocycles. The van der Waals surface area contributed by atoms with Crippen LogP contribution in [-0.2, 0) is 11.3 Å². The van der Waals surface area contributed by atoms with Crippen molar-refractivity contribution in [3.63, 3.8) is 0 Å². The summed E-state index contributed by atoms with van der Waals surface area (Å²) >= 11 is 0. The highest BCUT2D eigenvalue weighted by atomic mass is 16.5. The summed E-state index contributed by atoms with van der Waals surface area (Å²) in [5.74, 6) is 2.12. The van der Waals surface area contributed by atoms with Crippen LogP contribution in [-0.4, -0.2) is 83.2 Å². The third kappa shape index (κ3) is 7.24. The average Bonchev–Trinajstić information content (AvgIpc) is 3.45. The predicted octanol–water partition coefficient (Wildman–Crippen LogP) is 3.71. The second kappa shape index (κ2) is 13.8. The van der Waals surface area contributed by atoms with Gasteiger partial charge in [-0.1, -0.05) is 24.3 Å². The average molecular weight is 556 g/mol. The topological polar surface area (TPSA) is 125 Å². The molecule has 5 rings (SSSR count). The number of pyridine rings is 1. The first-order valence-corrected chi connectivity index (χ1v) is 13.9. The molecule has 41 heavy (non-hydrogen) atoms. The smallest absolute Gasteiger partial charge is 0.140 e. The molecule has 0 radical (unpaired) electrons. The van der Waals surface area contributed by atoms with Gasteiger partial charge in [-0.3, -0.25) is 4.40 Å². The molecule has 1 aliphatic heterocycles. The van der Waals surface area contributed by atoms with Gasteiger partial charge in [0, 0.05) is 57.4 Å². The molecule has 0 bridgehead atoms. The molecule has 1 saturated heterocycles. The number of hydrogen-bond donors (Lipinski definition) is 3. The molecule has 0 saturated carbocycles. The highest BCUT2D eigenvalue weighted by Gasteiger charge is 2.19. The molecule has 3 aromatic heterocycles. The zero-order valence-corrected chi connectivity index (χ0v) is 23.6. The van der Waals surface area contributed by atoms with E-state index in [4.69, 9.17) is 14.9 Å². The molecule has 11 heteroatoms. The normalized spacial score (nSPS) is 14.7. The monoisotopic (exact) mass is 555 g/mol. The second-order valence-corrected chi connectivity index (χ2v) is 10.0. The van der Waals surface area contributed by atoms with E-state index in [0.717, 1.165) is 85.4 Å². The van der Waals surface area contributed by atoms with E-state index in [1.165, 1.54) is 6.21 Å². The summed E-state index contributed by atoms with van der Waals surface area (Å²) in [6.45, 7) is 5.30. The molecule has 0 amide bonds. The van der Waals surface area contributed by atoms with Crippen LogP contribution in [0.25, 0.3) is 17.0 Å². The van der Waals surface area contributed by atoms with E-state index in [9.17, 15) is 0 Å². The van der Waals surface area contributed by atoms with Crippen LogP contribution in [0.1, 0.15) is 24.0 Å². The lowest BCUT2D eigenvalue weighted by Crippen LogP contribution is -2.37. The number of benzene rings is 1. The van der Waals surface area contributed by atoms with Gasteiger partial charge in [-0.15, -0.1) is 0 Å². The highest BCUT2D eigenvalue weighted by Crippen LogP contribution is 2.24. The van der Waals surface area contributed by atoms with Gasteiger partial charge < -0.3 is 30.5 Å². The summed E-state index contributed by atoms with van der Waals surface area (Å²) in [6, 6.07) is 13.8. The van der Waals surface area contributed by atoms with E-state index in [-0.39, 0.29) is 0 Å². The van der Waals surface area contributed by atoms with Crippen LogP contribution < -0.4 is 15.5 Å². The van der Waals surface area contributed by atoms with Crippen LogP contribution in [0, 0.1) is 11.3 Å². The lowest BCUT2D eigenvalue weighted by molar-refractivity contribution is 0.105. The Hall–Kier alpha value is -4.35. The molecule has 4 aromatic rings. The van der Waals surface area contributed by atoms with Gasteiger partial charge in [-0.05, 0) is 43.5 Å². The number of rotatable bonds is 13. The second-order valence-electron chi connectivity index (χ2n) is 10.0. The largest absolute Gasteiger partial charge is 0.493 e. The number of imidazole rings is 1. The first-order valence-electron chi connectivity index (χ1n) is 13.9. The minimum absolute atomic E-state index is 0.566. The van der Waals surface area contributed by atoms with E-state index in [2.05, 4.69) is 35.7 Å². The minimum atomic E-state index is 0.566. The Morgan fingerprint density at radius 3 is 2.71 bits per heavy atom. The van der Waals surface area contributed by atoms with Gasteiger partial charge in [0.15, 0.2) is 0 Å². The van der Waals surface area contributed by atoms with Gasteiger partial charge in [-0.2, -0.15) is 5.10 Å². The van der Waals surface area contributed by atoms with E-state index in [0.29, 0.717) is 18.2 Å². The number of aromatic nitrogens is 4. The molecule has 1 aromatic carbocycles. The number of nitrogens with zero attached hydrogens (tertiary/aromatic N) is 6. The molecule has 11 nitrogen and oxygen atoms in total. The van der Waals surface area contributed by atoms with E-state index < -0.39 is 0 Å². The number of hydrazone groups is 1. The molecule has 214 valence electrons. The SMILES string of the molecule is CN/N=C(\C=N)c1ccc(CNc2cc(-c3cnc4cc(OCC5CCN(CCOC)CC5)ccn34)ncn2)cc1. The van der Waals surface area contributed by atoms with Gasteiger partial charge in [0.05, 0.1) is 30.8 Å². The van der Waals surface area contributed by atoms with Crippen molar-refractivity contribution in [3.05, 3.63) is 72.3 Å². The maximum absolute atomic E-state index is 7.53. The van der Waals surface area contributed by atoms with Crippen molar-refractivity contribution in [3.8, 4) is 17.1 Å². The summed E-state index contributed by atoms with van der Waals surface area (Å²) < 4.78 is 13.4. The summed E-state index contributed by atoms with van der Waals surface area (Å²) in [4.78, 5) is 16.0. The lowest BCUT2D eigenvalue weighted by Gasteiger charge is -2.31. The van der Waals surface area contributed by atoms with Crippen LogP contribution in [0.3, 0.4) is 0 Å². The Kier molecular flexibility index (Phi) is 9.50. The minimum Gasteiger partial charge on any atom is -0.493 e. The van der Waals surface area contributed by atoms with Crippen molar-refractivity contribution >= 4 is 23.4 Å². The third-order valence-electron chi connectivity index (χ3n) is 7.31. The first-order chi connectivity index (χ1) is 20.2. The van der Waals surface area contributed by atoms with Crippen LogP contribution in [0.2, 0.25) is 0 Å². The Morgan fingerprint density at radius 2 is 1.95 bits per heavy atom. The maximum Gasteiger partial charge on any atom is 0.140 e. The Labute approximate surface area is 240 Å². The quantitative estimate of drug-likeness (QED) is 0.168. The molecule has 1 fully saturated rings. The predicted molar refractivity (Wildman–Crippen MR) is 161 cm³/mol. The van der Waals surface area contributed by atoms with Crippen molar-refractivity contribution in [2.75, 3.05) is 52.3 Å². The number of ether oxygens (including phenoxy) is 2. The Bertz CT molecular complexity index is 1460.